The third-order valence-electron chi connectivity index (χ3n) is 3.20. The van der Waals surface area contributed by atoms with E-state index in [4.69, 9.17) is 5.11 Å². The van der Waals surface area contributed by atoms with Gasteiger partial charge in [0.2, 0.25) is 0 Å². The fourth-order valence-electron chi connectivity index (χ4n) is 1.99. The van der Waals surface area contributed by atoms with Crippen molar-refractivity contribution in [2.45, 2.75) is 31.3 Å². The number of anilines is 1. The smallest absolute Gasteiger partial charge is 0.261 e. The molecule has 112 valence electrons. The first-order valence-corrected chi connectivity index (χ1v) is 8.23. The van der Waals surface area contributed by atoms with Crippen molar-refractivity contribution in [2.24, 2.45) is 0 Å². The minimum Gasteiger partial charge on any atom is -0.392 e. The van der Waals surface area contributed by atoms with Crippen molar-refractivity contribution in [2.75, 3.05) is 4.72 Å². The van der Waals surface area contributed by atoms with E-state index in [2.05, 4.69) is 18.6 Å². The Labute approximate surface area is 125 Å². The summed E-state index contributed by atoms with van der Waals surface area (Å²) in [4.78, 5) is 0.143. The molecule has 5 heteroatoms. The monoisotopic (exact) mass is 305 g/mol. The minimum atomic E-state index is -3.65. The molecule has 0 unspecified atom stereocenters. The molecule has 2 aromatic rings. The van der Waals surface area contributed by atoms with Gasteiger partial charge in [-0.25, -0.2) is 8.42 Å². The van der Waals surface area contributed by atoms with Crippen molar-refractivity contribution in [3.63, 3.8) is 0 Å². The van der Waals surface area contributed by atoms with Crippen LogP contribution in [0.25, 0.3) is 0 Å². The van der Waals surface area contributed by atoms with Gasteiger partial charge in [0.05, 0.1) is 11.5 Å². The Hall–Kier alpha value is -1.85. The summed E-state index contributed by atoms with van der Waals surface area (Å²) in [6.07, 6.45) is 0. The number of sulfonamides is 1. The first-order chi connectivity index (χ1) is 9.92. The van der Waals surface area contributed by atoms with Gasteiger partial charge in [0.25, 0.3) is 10.0 Å². The maximum absolute atomic E-state index is 12.4. The van der Waals surface area contributed by atoms with Crippen LogP contribution in [0.15, 0.2) is 53.4 Å². The quantitative estimate of drug-likeness (QED) is 0.892. The van der Waals surface area contributed by atoms with E-state index in [0.717, 1.165) is 5.56 Å². The van der Waals surface area contributed by atoms with E-state index in [9.17, 15) is 8.42 Å². The number of rotatable bonds is 5. The Morgan fingerprint density at radius 3 is 2.48 bits per heavy atom. The number of benzene rings is 2. The molecule has 4 nitrogen and oxygen atoms in total. The molecule has 2 aromatic carbocycles. The number of hydrogen-bond donors (Lipinski definition) is 2. The molecule has 0 saturated heterocycles. The normalized spacial score (nSPS) is 11.6. The Balaban J connectivity index is 2.30. The molecule has 0 atom stereocenters. The fourth-order valence-corrected chi connectivity index (χ4v) is 3.11. The van der Waals surface area contributed by atoms with Crippen molar-refractivity contribution in [3.05, 3.63) is 59.7 Å². The molecular weight excluding hydrogens is 286 g/mol. The lowest BCUT2D eigenvalue weighted by molar-refractivity contribution is 0.281. The predicted molar refractivity (Wildman–Crippen MR) is 83.7 cm³/mol. The first-order valence-electron chi connectivity index (χ1n) is 6.75. The molecule has 0 aliphatic heterocycles. The predicted octanol–water partition coefficient (Wildman–Crippen LogP) is 3.10. The van der Waals surface area contributed by atoms with Crippen LogP contribution >= 0.6 is 0 Å². The Morgan fingerprint density at radius 2 is 1.81 bits per heavy atom. The molecule has 0 aromatic heterocycles. The topological polar surface area (TPSA) is 66.4 Å². The van der Waals surface area contributed by atoms with Crippen molar-refractivity contribution in [1.29, 1.82) is 0 Å². The van der Waals surface area contributed by atoms with Crippen LogP contribution in [0.5, 0.6) is 0 Å². The second-order valence-electron chi connectivity index (χ2n) is 5.19. The molecule has 0 bridgehead atoms. The van der Waals surface area contributed by atoms with Crippen molar-refractivity contribution in [1.82, 2.24) is 0 Å². The van der Waals surface area contributed by atoms with Gasteiger partial charge in [-0.15, -0.1) is 0 Å². The molecule has 0 saturated carbocycles. The number of aliphatic hydroxyl groups is 1. The molecule has 2 N–H and O–H groups in total. The molecule has 0 amide bonds. The Bertz CT molecular complexity index is 724. The van der Waals surface area contributed by atoms with Gasteiger partial charge < -0.3 is 5.11 Å². The molecule has 0 aliphatic carbocycles. The van der Waals surface area contributed by atoms with Crippen LogP contribution in [-0.2, 0) is 16.6 Å². The summed E-state index contributed by atoms with van der Waals surface area (Å²) in [6, 6.07) is 13.6. The zero-order chi connectivity index (χ0) is 15.5. The second-order valence-corrected chi connectivity index (χ2v) is 6.87. The average molecular weight is 305 g/mol. The summed E-state index contributed by atoms with van der Waals surface area (Å²) in [5.74, 6) is 0.326. The summed E-state index contributed by atoms with van der Waals surface area (Å²) in [5.41, 5.74) is 2.17. The SMILES string of the molecule is CC(C)c1cccc(NS(=O)(=O)c2cccc(CO)c2)c1. The van der Waals surface area contributed by atoms with Crippen molar-refractivity contribution >= 4 is 15.7 Å². The third-order valence-corrected chi connectivity index (χ3v) is 4.58. The summed E-state index contributed by atoms with van der Waals surface area (Å²) in [6.45, 7) is 3.92. The van der Waals surface area contributed by atoms with Crippen LogP contribution in [-0.4, -0.2) is 13.5 Å². The number of aliphatic hydroxyl groups excluding tert-OH is 1. The van der Waals surface area contributed by atoms with Crippen LogP contribution < -0.4 is 4.72 Å². The lowest BCUT2D eigenvalue weighted by atomic mass is 10.0. The van der Waals surface area contributed by atoms with Gasteiger partial charge in [-0.1, -0.05) is 38.1 Å². The molecule has 21 heavy (non-hydrogen) atoms. The van der Waals surface area contributed by atoms with E-state index in [-0.39, 0.29) is 11.5 Å². The van der Waals surface area contributed by atoms with Gasteiger partial charge >= 0.3 is 0 Å². The van der Waals surface area contributed by atoms with Gasteiger partial charge in [0, 0.05) is 5.69 Å². The second kappa shape index (κ2) is 6.28. The van der Waals surface area contributed by atoms with E-state index < -0.39 is 10.0 Å². The highest BCUT2D eigenvalue weighted by atomic mass is 32.2. The minimum absolute atomic E-state index is 0.143. The fraction of sp³-hybridized carbons (Fsp3) is 0.250. The van der Waals surface area contributed by atoms with E-state index in [1.165, 1.54) is 12.1 Å². The zero-order valence-corrected chi connectivity index (χ0v) is 12.9. The van der Waals surface area contributed by atoms with E-state index in [1.807, 2.05) is 18.2 Å². The van der Waals surface area contributed by atoms with E-state index in [0.29, 0.717) is 17.2 Å². The Morgan fingerprint density at radius 1 is 1.10 bits per heavy atom. The lowest BCUT2D eigenvalue weighted by Crippen LogP contribution is -2.13. The standard InChI is InChI=1S/C16H19NO3S/c1-12(2)14-6-4-7-15(10-14)17-21(19,20)16-8-3-5-13(9-16)11-18/h3-10,12,17-18H,11H2,1-2H3. The van der Waals surface area contributed by atoms with Gasteiger partial charge in [0.15, 0.2) is 0 Å². The van der Waals surface area contributed by atoms with Crippen LogP contribution in [0.3, 0.4) is 0 Å². The lowest BCUT2D eigenvalue weighted by Gasteiger charge is -2.11. The maximum Gasteiger partial charge on any atom is 0.261 e. The molecule has 0 radical (unpaired) electrons. The van der Waals surface area contributed by atoms with Gasteiger partial charge in [-0.2, -0.15) is 0 Å². The first kappa shape index (κ1) is 15.5. The van der Waals surface area contributed by atoms with Crippen molar-refractivity contribution in [3.8, 4) is 0 Å². The number of nitrogens with one attached hydrogen (secondary N) is 1. The van der Waals surface area contributed by atoms with Gasteiger partial charge in [-0.05, 0) is 41.3 Å². The largest absolute Gasteiger partial charge is 0.392 e. The van der Waals surface area contributed by atoms with Crippen LogP contribution in [0, 0.1) is 0 Å². The maximum atomic E-state index is 12.4. The molecule has 0 spiro atoms. The van der Waals surface area contributed by atoms with Crippen LogP contribution in [0.2, 0.25) is 0 Å². The summed E-state index contributed by atoms with van der Waals surface area (Å²) >= 11 is 0. The molecule has 0 fully saturated rings. The summed E-state index contributed by atoms with van der Waals surface area (Å²) in [7, 11) is -3.65. The molecule has 2 rings (SSSR count). The van der Waals surface area contributed by atoms with E-state index >= 15 is 0 Å². The molecule has 0 heterocycles. The van der Waals surface area contributed by atoms with Crippen LogP contribution in [0.4, 0.5) is 5.69 Å². The van der Waals surface area contributed by atoms with Crippen molar-refractivity contribution < 1.29 is 13.5 Å². The summed E-state index contributed by atoms with van der Waals surface area (Å²) in [5, 5.41) is 9.10. The third kappa shape index (κ3) is 3.83. The molecule has 0 aliphatic rings. The number of hydrogen-bond acceptors (Lipinski definition) is 3. The summed E-state index contributed by atoms with van der Waals surface area (Å²) < 4.78 is 27.3. The van der Waals surface area contributed by atoms with Gasteiger partial charge in [0.1, 0.15) is 0 Å². The highest BCUT2D eigenvalue weighted by Gasteiger charge is 2.15. The van der Waals surface area contributed by atoms with Gasteiger partial charge in [-0.3, -0.25) is 4.72 Å². The zero-order valence-electron chi connectivity index (χ0n) is 12.1. The Kier molecular flexibility index (Phi) is 4.65. The van der Waals surface area contributed by atoms with E-state index in [1.54, 1.807) is 18.2 Å². The molecular formula is C16H19NO3S. The highest BCUT2D eigenvalue weighted by Crippen LogP contribution is 2.21. The van der Waals surface area contributed by atoms with Crippen LogP contribution in [0.1, 0.15) is 30.9 Å². The average Bonchev–Trinajstić information content (AvgIpc) is 2.47. The highest BCUT2D eigenvalue weighted by molar-refractivity contribution is 7.92.